The number of esters is 1. The Labute approximate surface area is 165 Å². The Morgan fingerprint density at radius 3 is 2.70 bits per heavy atom. The first-order valence-corrected chi connectivity index (χ1v) is 9.31. The molecule has 0 aliphatic carbocycles. The molecule has 0 radical (unpaired) electrons. The molecule has 1 amide bonds. The number of anilines is 1. The molecule has 1 saturated heterocycles. The summed E-state index contributed by atoms with van der Waals surface area (Å²) in [6.07, 6.45) is 2.94. The van der Waals surface area contributed by atoms with Crippen molar-refractivity contribution >= 4 is 39.5 Å². The van der Waals surface area contributed by atoms with Crippen molar-refractivity contribution in [2.24, 2.45) is 0 Å². The summed E-state index contributed by atoms with van der Waals surface area (Å²) >= 11 is 3.42. The molecule has 0 N–H and O–H groups in total. The third kappa shape index (κ3) is 4.15. The number of carbonyl (C=O) groups excluding carboxylic acids is 2. The number of aromatic nitrogens is 3. The summed E-state index contributed by atoms with van der Waals surface area (Å²) in [5.74, 6) is 0.207. The lowest BCUT2D eigenvalue weighted by Gasteiger charge is -2.40. The number of ether oxygens (including phenoxy) is 2. The van der Waals surface area contributed by atoms with Crippen molar-refractivity contribution in [3.63, 3.8) is 0 Å². The second-order valence-electron chi connectivity index (χ2n) is 7.21. The summed E-state index contributed by atoms with van der Waals surface area (Å²) < 4.78 is 12.8. The molecule has 146 valence electrons. The van der Waals surface area contributed by atoms with E-state index in [-0.39, 0.29) is 6.54 Å². The zero-order valence-electron chi connectivity index (χ0n) is 15.7. The minimum Gasteiger partial charge on any atom is -0.467 e. The molecule has 0 aromatic carbocycles. The number of carbonyl (C=O) groups is 2. The monoisotopic (exact) mass is 439 g/mol. The first-order chi connectivity index (χ1) is 12.7. The molecule has 10 heteroatoms. The quantitative estimate of drug-likeness (QED) is 0.661. The molecule has 2 aromatic heterocycles. The molecular weight excluding hydrogens is 418 g/mol. The van der Waals surface area contributed by atoms with Crippen LogP contribution in [0.2, 0.25) is 0 Å². The van der Waals surface area contributed by atoms with E-state index >= 15 is 0 Å². The molecule has 1 fully saturated rings. The van der Waals surface area contributed by atoms with Gasteiger partial charge < -0.3 is 14.4 Å². The van der Waals surface area contributed by atoms with Gasteiger partial charge in [0.25, 0.3) is 0 Å². The van der Waals surface area contributed by atoms with Crippen LogP contribution < -0.4 is 4.90 Å². The van der Waals surface area contributed by atoms with Crippen LogP contribution in [0.4, 0.5) is 10.6 Å². The topological polar surface area (TPSA) is 89.3 Å². The maximum absolute atomic E-state index is 12.5. The third-order valence-corrected chi connectivity index (χ3v) is 4.68. The Kier molecular flexibility index (Phi) is 5.27. The van der Waals surface area contributed by atoms with Crippen LogP contribution >= 0.6 is 15.9 Å². The SMILES string of the molecule is COC(=O)[C@@H]1CN(c2ccn3ncc(Br)c3n2)CCN1C(=O)OC(C)(C)C. The zero-order valence-corrected chi connectivity index (χ0v) is 17.3. The van der Waals surface area contributed by atoms with Crippen molar-refractivity contribution in [2.45, 2.75) is 32.4 Å². The number of amides is 1. The highest BCUT2D eigenvalue weighted by atomic mass is 79.9. The maximum atomic E-state index is 12.5. The lowest BCUT2D eigenvalue weighted by Crippen LogP contribution is -2.59. The molecule has 0 unspecified atom stereocenters. The molecule has 0 saturated carbocycles. The van der Waals surface area contributed by atoms with E-state index < -0.39 is 23.7 Å². The fraction of sp³-hybridized carbons (Fsp3) is 0.529. The van der Waals surface area contributed by atoms with Gasteiger partial charge in [-0.05, 0) is 42.8 Å². The van der Waals surface area contributed by atoms with E-state index in [1.807, 2.05) is 11.0 Å². The van der Waals surface area contributed by atoms with Gasteiger partial charge in [0.15, 0.2) is 11.7 Å². The van der Waals surface area contributed by atoms with Crippen LogP contribution in [0.1, 0.15) is 20.8 Å². The first kappa shape index (κ1) is 19.4. The summed E-state index contributed by atoms with van der Waals surface area (Å²) in [4.78, 5) is 32.8. The highest BCUT2D eigenvalue weighted by molar-refractivity contribution is 9.10. The maximum Gasteiger partial charge on any atom is 0.411 e. The highest BCUT2D eigenvalue weighted by Crippen LogP contribution is 2.23. The van der Waals surface area contributed by atoms with E-state index in [1.165, 1.54) is 12.0 Å². The zero-order chi connectivity index (χ0) is 19.8. The molecular formula is C17H22BrN5O4. The van der Waals surface area contributed by atoms with Gasteiger partial charge in [-0.3, -0.25) is 4.90 Å². The van der Waals surface area contributed by atoms with Crippen LogP contribution in [0.25, 0.3) is 5.65 Å². The summed E-state index contributed by atoms with van der Waals surface area (Å²) in [6, 6.07) is 1.05. The Morgan fingerprint density at radius 2 is 2.04 bits per heavy atom. The van der Waals surface area contributed by atoms with E-state index in [9.17, 15) is 9.59 Å². The average Bonchev–Trinajstić information content (AvgIpc) is 2.99. The van der Waals surface area contributed by atoms with Crippen LogP contribution in [0.15, 0.2) is 22.9 Å². The van der Waals surface area contributed by atoms with E-state index in [0.29, 0.717) is 24.6 Å². The number of hydrogen-bond acceptors (Lipinski definition) is 7. The molecule has 1 aliphatic rings. The molecule has 27 heavy (non-hydrogen) atoms. The number of fused-ring (bicyclic) bond motifs is 1. The molecule has 3 rings (SSSR count). The summed E-state index contributed by atoms with van der Waals surface area (Å²) in [5.41, 5.74) is 0.0344. The Bertz CT molecular complexity index is 863. The van der Waals surface area contributed by atoms with Crippen molar-refractivity contribution < 1.29 is 19.1 Å². The Balaban J connectivity index is 1.83. The minimum atomic E-state index is -0.773. The number of hydrogen-bond donors (Lipinski definition) is 0. The van der Waals surface area contributed by atoms with Crippen molar-refractivity contribution in [3.05, 3.63) is 22.9 Å². The van der Waals surface area contributed by atoms with Gasteiger partial charge >= 0.3 is 12.1 Å². The fourth-order valence-electron chi connectivity index (χ4n) is 2.88. The third-order valence-electron chi connectivity index (χ3n) is 4.12. The van der Waals surface area contributed by atoms with Gasteiger partial charge in [0.05, 0.1) is 24.3 Å². The second-order valence-corrected chi connectivity index (χ2v) is 8.06. The van der Waals surface area contributed by atoms with Crippen LogP contribution in [0, 0.1) is 0 Å². The molecule has 1 aliphatic heterocycles. The van der Waals surface area contributed by atoms with Gasteiger partial charge in [0.2, 0.25) is 0 Å². The first-order valence-electron chi connectivity index (χ1n) is 8.52. The lowest BCUT2D eigenvalue weighted by molar-refractivity contribution is -0.147. The van der Waals surface area contributed by atoms with Gasteiger partial charge in [0.1, 0.15) is 11.4 Å². The van der Waals surface area contributed by atoms with E-state index in [4.69, 9.17) is 9.47 Å². The predicted molar refractivity (Wildman–Crippen MR) is 102 cm³/mol. The van der Waals surface area contributed by atoms with Gasteiger partial charge in [-0.1, -0.05) is 0 Å². The largest absolute Gasteiger partial charge is 0.467 e. The lowest BCUT2D eigenvalue weighted by atomic mass is 10.1. The van der Waals surface area contributed by atoms with Crippen molar-refractivity contribution in [1.29, 1.82) is 0 Å². The summed E-state index contributed by atoms with van der Waals surface area (Å²) in [7, 11) is 1.31. The van der Waals surface area contributed by atoms with Crippen LogP contribution in [-0.2, 0) is 14.3 Å². The van der Waals surface area contributed by atoms with E-state index in [0.717, 1.165) is 4.47 Å². The normalized spacial score (nSPS) is 17.9. The number of halogens is 1. The van der Waals surface area contributed by atoms with Gasteiger partial charge in [0, 0.05) is 19.3 Å². The molecule has 1 atom stereocenters. The van der Waals surface area contributed by atoms with Crippen molar-refractivity contribution in [2.75, 3.05) is 31.6 Å². The van der Waals surface area contributed by atoms with Gasteiger partial charge in [-0.2, -0.15) is 5.10 Å². The second kappa shape index (κ2) is 7.34. The van der Waals surface area contributed by atoms with Crippen molar-refractivity contribution in [1.82, 2.24) is 19.5 Å². The molecule has 0 bridgehead atoms. The number of rotatable bonds is 2. The van der Waals surface area contributed by atoms with Gasteiger partial charge in [-0.15, -0.1) is 0 Å². The molecule has 0 spiro atoms. The molecule has 3 heterocycles. The number of methoxy groups -OCH3 is 1. The van der Waals surface area contributed by atoms with Crippen LogP contribution in [0.3, 0.4) is 0 Å². The fourth-order valence-corrected chi connectivity index (χ4v) is 3.24. The van der Waals surface area contributed by atoms with Crippen molar-refractivity contribution in [3.8, 4) is 0 Å². The smallest absolute Gasteiger partial charge is 0.411 e. The Hall–Kier alpha value is -2.36. The standard InChI is InChI=1S/C17H22BrN5O4/c1-17(2,3)27-16(25)22-8-7-21(10-12(22)15(24)26-4)13-5-6-23-14(20-13)11(18)9-19-23/h5-6,9,12H,7-8,10H2,1-4H3/t12-/m0/s1. The average molecular weight is 440 g/mol. The summed E-state index contributed by atoms with van der Waals surface area (Å²) in [5, 5.41) is 4.18. The number of piperazine rings is 1. The summed E-state index contributed by atoms with van der Waals surface area (Å²) in [6.45, 7) is 6.47. The molecule has 9 nitrogen and oxygen atoms in total. The van der Waals surface area contributed by atoms with E-state index in [1.54, 1.807) is 37.7 Å². The van der Waals surface area contributed by atoms with E-state index in [2.05, 4.69) is 26.0 Å². The van der Waals surface area contributed by atoms with Crippen LogP contribution in [0.5, 0.6) is 0 Å². The predicted octanol–water partition coefficient (Wildman–Crippen LogP) is 2.09. The number of nitrogens with zero attached hydrogens (tertiary/aromatic N) is 5. The van der Waals surface area contributed by atoms with Crippen LogP contribution in [-0.4, -0.2) is 69.9 Å². The minimum absolute atomic E-state index is 0.265. The van der Waals surface area contributed by atoms with Gasteiger partial charge in [-0.25, -0.2) is 19.1 Å². The highest BCUT2D eigenvalue weighted by Gasteiger charge is 2.38. The Morgan fingerprint density at radius 1 is 1.30 bits per heavy atom. The molecule has 2 aromatic rings.